The van der Waals surface area contributed by atoms with Gasteiger partial charge in [-0.1, -0.05) is 125 Å². The fourth-order valence-electron chi connectivity index (χ4n) is 7.29. The molecule has 5 aromatic carbocycles. The molecule has 0 saturated carbocycles. The van der Waals surface area contributed by atoms with Gasteiger partial charge in [0.15, 0.2) is 18.5 Å². The van der Waals surface area contributed by atoms with Crippen molar-refractivity contribution in [1.82, 2.24) is 0 Å². The average molecular weight is 715 g/mol. The average Bonchev–Trinajstić information content (AvgIpc) is 3.16. The highest BCUT2D eigenvalue weighted by Crippen LogP contribution is 2.41. The highest BCUT2D eigenvalue weighted by atomic mass is 16.7. The minimum absolute atomic E-state index is 0.0214. The summed E-state index contributed by atoms with van der Waals surface area (Å²) in [6.45, 7) is 7.62. The smallest absolute Gasteiger partial charge is 0.338 e. The minimum Gasteiger partial charge on any atom is -0.452 e. The Morgan fingerprint density at radius 1 is 0.547 bits per heavy atom. The SMILES string of the molecule is CO[C@@H]1OC(COC(c2ccccc2)(c2ccccc2)c2ccccc2)[C@@H](OC)[C@H](OC(=O)c2cc(C)cc(C)c2)C1OC(=O)c1cc(C)cc(C)c1. The molecule has 0 spiro atoms. The molecule has 1 aliphatic rings. The summed E-state index contributed by atoms with van der Waals surface area (Å²) in [6, 6.07) is 40.9. The molecule has 5 atom stereocenters. The van der Waals surface area contributed by atoms with Crippen molar-refractivity contribution in [2.75, 3.05) is 20.8 Å². The van der Waals surface area contributed by atoms with Crippen molar-refractivity contribution in [2.24, 2.45) is 0 Å². The second-order valence-electron chi connectivity index (χ2n) is 13.6. The fraction of sp³-hybridized carbons (Fsp3) is 0.289. The number of carbonyl (C=O) groups excluding carboxylic acids is 2. The molecule has 0 aliphatic carbocycles. The summed E-state index contributed by atoms with van der Waals surface area (Å²) in [5.74, 6) is -1.21. The summed E-state index contributed by atoms with van der Waals surface area (Å²) in [5.41, 5.74) is 6.00. The van der Waals surface area contributed by atoms with Crippen molar-refractivity contribution in [3.63, 3.8) is 0 Å². The number of methoxy groups -OCH3 is 2. The van der Waals surface area contributed by atoms with E-state index in [2.05, 4.69) is 0 Å². The van der Waals surface area contributed by atoms with Crippen LogP contribution in [-0.2, 0) is 34.0 Å². The van der Waals surface area contributed by atoms with E-state index in [1.165, 1.54) is 14.2 Å². The second-order valence-corrected chi connectivity index (χ2v) is 13.6. The number of ether oxygens (including phenoxy) is 6. The highest BCUT2D eigenvalue weighted by molar-refractivity contribution is 5.91. The van der Waals surface area contributed by atoms with Crippen LogP contribution in [0, 0.1) is 27.7 Å². The zero-order valence-corrected chi connectivity index (χ0v) is 31.0. The molecule has 274 valence electrons. The van der Waals surface area contributed by atoms with Gasteiger partial charge in [0.2, 0.25) is 0 Å². The number of aryl methyl sites for hydroxylation is 4. The standard InChI is InChI=1S/C45H46O8/c1-29-22-30(2)25-33(24-29)42(46)52-40-39(48-5)38(51-44(49-6)41(40)53-43(47)34-26-31(3)23-32(4)27-34)28-50-45(35-16-10-7-11-17-35,36-18-12-8-13-19-36)37-20-14-9-15-21-37/h7-27,38-41,44H,28H2,1-6H3/t38?,39-,40+,41?,44-/m1/s1. The van der Waals surface area contributed by atoms with Crippen LogP contribution in [0.3, 0.4) is 0 Å². The lowest BCUT2D eigenvalue weighted by molar-refractivity contribution is -0.301. The summed E-state index contributed by atoms with van der Waals surface area (Å²) < 4.78 is 38.0. The van der Waals surface area contributed by atoms with Gasteiger partial charge in [-0.25, -0.2) is 9.59 Å². The van der Waals surface area contributed by atoms with Gasteiger partial charge >= 0.3 is 11.9 Å². The van der Waals surface area contributed by atoms with Crippen LogP contribution in [0.15, 0.2) is 127 Å². The first-order valence-electron chi connectivity index (χ1n) is 17.7. The van der Waals surface area contributed by atoms with E-state index in [1.807, 2.05) is 131 Å². The topological polar surface area (TPSA) is 89.5 Å². The highest BCUT2D eigenvalue weighted by Gasteiger charge is 2.52. The van der Waals surface area contributed by atoms with E-state index in [0.29, 0.717) is 11.1 Å². The molecular formula is C45H46O8. The Hall–Kier alpha value is -5.12. The molecular weight excluding hydrogens is 668 g/mol. The normalized spacial score (nSPS) is 20.1. The van der Waals surface area contributed by atoms with Crippen molar-refractivity contribution in [1.29, 1.82) is 0 Å². The number of carbonyl (C=O) groups is 2. The zero-order valence-electron chi connectivity index (χ0n) is 31.0. The van der Waals surface area contributed by atoms with Crippen LogP contribution in [0.4, 0.5) is 0 Å². The molecule has 0 N–H and O–H groups in total. The van der Waals surface area contributed by atoms with Crippen LogP contribution >= 0.6 is 0 Å². The van der Waals surface area contributed by atoms with Crippen molar-refractivity contribution < 1.29 is 38.0 Å². The molecule has 1 heterocycles. The third-order valence-corrected chi connectivity index (χ3v) is 9.50. The lowest BCUT2D eigenvalue weighted by Crippen LogP contribution is -2.62. The largest absolute Gasteiger partial charge is 0.452 e. The Kier molecular flexibility index (Phi) is 11.9. The van der Waals surface area contributed by atoms with E-state index in [1.54, 1.807) is 24.3 Å². The molecule has 1 fully saturated rings. The van der Waals surface area contributed by atoms with E-state index < -0.39 is 48.2 Å². The van der Waals surface area contributed by atoms with Gasteiger partial charge in [-0.15, -0.1) is 0 Å². The zero-order chi connectivity index (χ0) is 37.5. The van der Waals surface area contributed by atoms with Gasteiger partial charge in [-0.3, -0.25) is 0 Å². The van der Waals surface area contributed by atoms with Crippen LogP contribution in [0.1, 0.15) is 59.7 Å². The van der Waals surface area contributed by atoms with E-state index >= 15 is 0 Å². The first-order chi connectivity index (χ1) is 25.6. The van der Waals surface area contributed by atoms with Crippen LogP contribution in [0.25, 0.3) is 0 Å². The number of hydrogen-bond donors (Lipinski definition) is 0. The Balaban J connectivity index is 1.40. The molecule has 0 amide bonds. The molecule has 0 bridgehead atoms. The molecule has 8 nitrogen and oxygen atoms in total. The Morgan fingerprint density at radius 2 is 0.943 bits per heavy atom. The molecule has 2 unspecified atom stereocenters. The van der Waals surface area contributed by atoms with Crippen molar-refractivity contribution in [2.45, 2.75) is 64.0 Å². The molecule has 8 heteroatoms. The Labute approximate surface area is 311 Å². The van der Waals surface area contributed by atoms with Crippen LogP contribution in [0.2, 0.25) is 0 Å². The Bertz CT molecular complexity index is 1860. The molecule has 0 aromatic heterocycles. The van der Waals surface area contributed by atoms with Gasteiger partial charge in [0.1, 0.15) is 17.8 Å². The van der Waals surface area contributed by atoms with Crippen molar-refractivity contribution in [3.8, 4) is 0 Å². The number of hydrogen-bond acceptors (Lipinski definition) is 8. The first kappa shape index (κ1) is 37.6. The lowest BCUT2D eigenvalue weighted by atomic mass is 9.80. The summed E-state index contributed by atoms with van der Waals surface area (Å²) in [7, 11) is 2.96. The second kappa shape index (κ2) is 16.7. The van der Waals surface area contributed by atoms with Gasteiger partial charge in [0.25, 0.3) is 0 Å². The van der Waals surface area contributed by atoms with Crippen molar-refractivity contribution >= 4 is 11.9 Å². The van der Waals surface area contributed by atoms with Gasteiger partial charge in [0, 0.05) is 14.2 Å². The molecule has 0 radical (unpaired) electrons. The maximum atomic E-state index is 13.9. The van der Waals surface area contributed by atoms with E-state index in [-0.39, 0.29) is 6.61 Å². The molecule has 1 aliphatic heterocycles. The quantitative estimate of drug-likeness (QED) is 0.0948. The van der Waals surface area contributed by atoms with Crippen LogP contribution in [-0.4, -0.2) is 63.5 Å². The number of rotatable bonds is 12. The minimum atomic E-state index is -1.19. The molecule has 1 saturated heterocycles. The summed E-state index contributed by atoms with van der Waals surface area (Å²) in [5, 5.41) is 0. The Morgan fingerprint density at radius 3 is 1.32 bits per heavy atom. The molecule has 6 rings (SSSR count). The van der Waals surface area contributed by atoms with Crippen molar-refractivity contribution in [3.05, 3.63) is 177 Å². The van der Waals surface area contributed by atoms with Crippen LogP contribution < -0.4 is 0 Å². The predicted molar refractivity (Wildman–Crippen MR) is 202 cm³/mol. The maximum absolute atomic E-state index is 13.9. The van der Waals surface area contributed by atoms with E-state index in [9.17, 15) is 9.59 Å². The maximum Gasteiger partial charge on any atom is 0.338 e. The summed E-state index contributed by atoms with van der Waals surface area (Å²) in [4.78, 5) is 27.6. The third-order valence-electron chi connectivity index (χ3n) is 9.50. The summed E-state index contributed by atoms with van der Waals surface area (Å²) in [6.07, 6.45) is -5.25. The van der Waals surface area contributed by atoms with E-state index in [0.717, 1.165) is 38.9 Å². The summed E-state index contributed by atoms with van der Waals surface area (Å²) >= 11 is 0. The predicted octanol–water partition coefficient (Wildman–Crippen LogP) is 8.07. The molecule has 53 heavy (non-hydrogen) atoms. The van der Waals surface area contributed by atoms with E-state index in [4.69, 9.17) is 28.4 Å². The molecule has 5 aromatic rings. The lowest BCUT2D eigenvalue weighted by Gasteiger charge is -2.45. The fourth-order valence-corrected chi connectivity index (χ4v) is 7.29. The van der Waals surface area contributed by atoms with Crippen LogP contribution in [0.5, 0.6) is 0 Å². The van der Waals surface area contributed by atoms with Gasteiger partial charge in [-0.05, 0) is 68.7 Å². The van der Waals surface area contributed by atoms with Gasteiger partial charge in [-0.2, -0.15) is 0 Å². The monoisotopic (exact) mass is 714 g/mol. The van der Waals surface area contributed by atoms with Gasteiger partial charge in [0.05, 0.1) is 17.7 Å². The number of esters is 2. The van der Waals surface area contributed by atoms with Gasteiger partial charge < -0.3 is 28.4 Å². The third kappa shape index (κ3) is 8.27. The first-order valence-corrected chi connectivity index (χ1v) is 17.7. The number of benzene rings is 5.